The van der Waals surface area contributed by atoms with Crippen LogP contribution in [0.5, 0.6) is 0 Å². The smallest absolute Gasteiger partial charge is 0.124 e. The maximum absolute atomic E-state index is 13.1. The van der Waals surface area contributed by atoms with Gasteiger partial charge in [-0.15, -0.1) is 0 Å². The van der Waals surface area contributed by atoms with Crippen LogP contribution in [0.4, 0.5) is 10.1 Å². The summed E-state index contributed by atoms with van der Waals surface area (Å²) in [5, 5.41) is 0. The molecular weight excluding hydrogens is 319 g/mol. The predicted octanol–water partition coefficient (Wildman–Crippen LogP) is 4.19. The second-order valence-corrected chi connectivity index (χ2v) is 5.59. The molecule has 2 N–H and O–H groups in total. The molecule has 0 bridgehead atoms. The van der Waals surface area contributed by atoms with Gasteiger partial charge in [0, 0.05) is 23.2 Å². The van der Waals surface area contributed by atoms with Crippen molar-refractivity contribution in [2.24, 2.45) is 0 Å². The molecule has 0 aliphatic rings. The molecule has 0 radical (unpaired) electrons. The van der Waals surface area contributed by atoms with Gasteiger partial charge in [-0.3, -0.25) is 4.90 Å². The van der Waals surface area contributed by atoms with Crippen LogP contribution in [0.25, 0.3) is 0 Å². The molecule has 2 nitrogen and oxygen atoms in total. The molecule has 0 unspecified atom stereocenters. The molecule has 0 saturated heterocycles. The molecule has 0 aliphatic carbocycles. The molecule has 2 rings (SSSR count). The number of hydrogen-bond acceptors (Lipinski definition) is 2. The van der Waals surface area contributed by atoms with Gasteiger partial charge in [0.25, 0.3) is 0 Å². The lowest BCUT2D eigenvalue weighted by Crippen LogP contribution is -2.23. The van der Waals surface area contributed by atoms with Crippen molar-refractivity contribution in [3.8, 4) is 0 Å². The lowest BCUT2D eigenvalue weighted by atomic mass is 10.1. The Balaban J connectivity index is 2.11. The third-order valence-corrected chi connectivity index (χ3v) is 4.04. The Bertz CT molecular complexity index is 586. The summed E-state index contributed by atoms with van der Waals surface area (Å²) in [5.41, 5.74) is 8.98. The third kappa shape index (κ3) is 3.81. The number of anilines is 1. The van der Waals surface area contributed by atoms with Crippen LogP contribution in [-0.4, -0.2) is 11.4 Å². The molecule has 0 fully saturated rings. The van der Waals surface area contributed by atoms with Crippen molar-refractivity contribution < 1.29 is 4.39 Å². The van der Waals surface area contributed by atoms with Crippen LogP contribution in [0.1, 0.15) is 18.1 Å². The van der Waals surface area contributed by atoms with Gasteiger partial charge in [0.1, 0.15) is 5.82 Å². The Kier molecular flexibility index (Phi) is 5.15. The monoisotopic (exact) mass is 336 g/mol. The van der Waals surface area contributed by atoms with Crippen LogP contribution >= 0.6 is 15.9 Å². The molecule has 0 saturated carbocycles. The van der Waals surface area contributed by atoms with Crippen LogP contribution in [0, 0.1) is 5.82 Å². The minimum absolute atomic E-state index is 0.226. The minimum atomic E-state index is -0.226. The van der Waals surface area contributed by atoms with E-state index in [0.717, 1.165) is 40.9 Å². The van der Waals surface area contributed by atoms with Crippen molar-refractivity contribution >= 4 is 21.6 Å². The van der Waals surface area contributed by atoms with E-state index >= 15 is 0 Å². The van der Waals surface area contributed by atoms with Gasteiger partial charge in [-0.25, -0.2) is 4.39 Å². The zero-order chi connectivity index (χ0) is 14.5. The molecule has 0 amide bonds. The summed E-state index contributed by atoms with van der Waals surface area (Å²) in [4.78, 5) is 2.27. The zero-order valence-electron chi connectivity index (χ0n) is 11.4. The standard InChI is InChI=1S/C16H18BrFN2/c1-2-20(11-13-5-3-4-6-16(13)19)10-12-7-8-14(18)9-15(12)17/h3-9H,2,10-11,19H2,1H3. The van der Waals surface area contributed by atoms with Crippen LogP contribution < -0.4 is 5.73 Å². The maximum Gasteiger partial charge on any atom is 0.124 e. The Morgan fingerprint density at radius 2 is 1.80 bits per heavy atom. The fraction of sp³-hybridized carbons (Fsp3) is 0.250. The van der Waals surface area contributed by atoms with E-state index in [2.05, 4.69) is 27.8 Å². The van der Waals surface area contributed by atoms with Gasteiger partial charge in [-0.05, 0) is 35.9 Å². The van der Waals surface area contributed by atoms with E-state index in [1.807, 2.05) is 30.3 Å². The Labute approximate surface area is 127 Å². The Hall–Kier alpha value is -1.39. The van der Waals surface area contributed by atoms with Crippen molar-refractivity contribution in [2.75, 3.05) is 12.3 Å². The summed E-state index contributed by atoms with van der Waals surface area (Å²) in [6.07, 6.45) is 0. The van der Waals surface area contributed by atoms with Gasteiger partial charge in [-0.2, -0.15) is 0 Å². The number of nitrogen functional groups attached to an aromatic ring is 1. The number of rotatable bonds is 5. The summed E-state index contributed by atoms with van der Waals surface area (Å²) in [7, 11) is 0. The molecular formula is C16H18BrFN2. The molecule has 0 spiro atoms. The van der Waals surface area contributed by atoms with Gasteiger partial charge >= 0.3 is 0 Å². The van der Waals surface area contributed by atoms with E-state index in [0.29, 0.717) is 0 Å². The summed E-state index contributed by atoms with van der Waals surface area (Å²) < 4.78 is 13.9. The highest BCUT2D eigenvalue weighted by Crippen LogP contribution is 2.21. The fourth-order valence-electron chi connectivity index (χ4n) is 2.09. The van der Waals surface area contributed by atoms with E-state index in [9.17, 15) is 4.39 Å². The second-order valence-electron chi connectivity index (χ2n) is 4.74. The normalized spacial score (nSPS) is 11.0. The number of nitrogens with zero attached hydrogens (tertiary/aromatic N) is 1. The number of halogens is 2. The first-order valence-corrected chi connectivity index (χ1v) is 7.39. The first kappa shape index (κ1) is 15.0. The van der Waals surface area contributed by atoms with Gasteiger partial charge < -0.3 is 5.73 Å². The van der Waals surface area contributed by atoms with Gasteiger partial charge in [0.05, 0.1) is 0 Å². The molecule has 2 aromatic rings. The van der Waals surface area contributed by atoms with E-state index in [1.54, 1.807) is 0 Å². The summed E-state index contributed by atoms with van der Waals surface area (Å²) in [6, 6.07) is 12.7. The first-order chi connectivity index (χ1) is 9.60. The first-order valence-electron chi connectivity index (χ1n) is 6.59. The Morgan fingerprint density at radius 3 is 2.45 bits per heavy atom. The number of benzene rings is 2. The number of para-hydroxylation sites is 1. The van der Waals surface area contributed by atoms with Crippen LogP contribution in [0.15, 0.2) is 46.9 Å². The lowest BCUT2D eigenvalue weighted by molar-refractivity contribution is 0.271. The quantitative estimate of drug-likeness (QED) is 0.829. The predicted molar refractivity (Wildman–Crippen MR) is 84.7 cm³/mol. The molecule has 0 atom stereocenters. The number of hydrogen-bond donors (Lipinski definition) is 1. The number of nitrogens with two attached hydrogens (primary N) is 1. The average Bonchev–Trinajstić information content (AvgIpc) is 2.43. The topological polar surface area (TPSA) is 29.3 Å². The highest BCUT2D eigenvalue weighted by Gasteiger charge is 2.09. The van der Waals surface area contributed by atoms with E-state index in [4.69, 9.17) is 5.73 Å². The molecule has 0 aliphatic heterocycles. The van der Waals surface area contributed by atoms with Crippen molar-refractivity contribution in [1.82, 2.24) is 4.90 Å². The third-order valence-electron chi connectivity index (χ3n) is 3.31. The molecule has 0 heterocycles. The molecule has 20 heavy (non-hydrogen) atoms. The van der Waals surface area contributed by atoms with E-state index < -0.39 is 0 Å². The lowest BCUT2D eigenvalue weighted by Gasteiger charge is -2.22. The van der Waals surface area contributed by atoms with Gasteiger partial charge in [0.2, 0.25) is 0 Å². The zero-order valence-corrected chi connectivity index (χ0v) is 13.0. The average molecular weight is 337 g/mol. The largest absolute Gasteiger partial charge is 0.398 e. The molecule has 106 valence electrons. The SMILES string of the molecule is CCN(Cc1ccccc1N)Cc1ccc(F)cc1Br. The van der Waals surface area contributed by atoms with E-state index in [-0.39, 0.29) is 5.82 Å². The maximum atomic E-state index is 13.1. The van der Waals surface area contributed by atoms with Crippen molar-refractivity contribution in [2.45, 2.75) is 20.0 Å². The summed E-state index contributed by atoms with van der Waals surface area (Å²) >= 11 is 3.41. The van der Waals surface area contributed by atoms with Crippen molar-refractivity contribution in [3.05, 3.63) is 63.9 Å². The van der Waals surface area contributed by atoms with Gasteiger partial charge in [0.15, 0.2) is 0 Å². The Morgan fingerprint density at radius 1 is 1.10 bits per heavy atom. The second kappa shape index (κ2) is 6.86. The highest BCUT2D eigenvalue weighted by atomic mass is 79.9. The van der Waals surface area contributed by atoms with Crippen LogP contribution in [-0.2, 0) is 13.1 Å². The molecule has 0 aromatic heterocycles. The van der Waals surface area contributed by atoms with Crippen molar-refractivity contribution in [3.63, 3.8) is 0 Å². The summed E-state index contributed by atoms with van der Waals surface area (Å²) in [6.45, 7) is 4.55. The fourth-order valence-corrected chi connectivity index (χ4v) is 2.57. The highest BCUT2D eigenvalue weighted by molar-refractivity contribution is 9.10. The van der Waals surface area contributed by atoms with E-state index in [1.165, 1.54) is 12.1 Å². The molecule has 4 heteroatoms. The van der Waals surface area contributed by atoms with Gasteiger partial charge in [-0.1, -0.05) is 47.1 Å². The van der Waals surface area contributed by atoms with Crippen LogP contribution in [0.3, 0.4) is 0 Å². The minimum Gasteiger partial charge on any atom is -0.398 e. The van der Waals surface area contributed by atoms with Crippen molar-refractivity contribution in [1.29, 1.82) is 0 Å². The summed E-state index contributed by atoms with van der Waals surface area (Å²) in [5.74, 6) is -0.226. The molecule has 2 aromatic carbocycles. The van der Waals surface area contributed by atoms with Crippen LogP contribution in [0.2, 0.25) is 0 Å².